The maximum atomic E-state index is 5.93. The molecule has 0 spiro atoms. The van der Waals surface area contributed by atoms with Crippen molar-refractivity contribution >= 4 is 0 Å². The van der Waals surface area contributed by atoms with Gasteiger partial charge in [-0.15, -0.1) is 0 Å². The van der Waals surface area contributed by atoms with Crippen molar-refractivity contribution < 1.29 is 0 Å². The molecule has 2 heteroatoms. The minimum absolute atomic E-state index is 0.0627. The fraction of sp³-hybridized carbons (Fsp3) is 0.333. The van der Waals surface area contributed by atoms with Crippen LogP contribution in [0.1, 0.15) is 18.9 Å². The first-order chi connectivity index (χ1) is 6.77. The van der Waals surface area contributed by atoms with Gasteiger partial charge >= 0.3 is 0 Å². The zero-order chi connectivity index (χ0) is 10.4. The van der Waals surface area contributed by atoms with E-state index in [0.717, 1.165) is 13.0 Å². The number of nitrogens with two attached hydrogens (primary N) is 1. The van der Waals surface area contributed by atoms with E-state index in [-0.39, 0.29) is 6.17 Å². The largest absolute Gasteiger partial charge is 0.359 e. The summed E-state index contributed by atoms with van der Waals surface area (Å²) in [6.45, 7) is 6.68. The number of hydrogen-bond acceptors (Lipinski definition) is 2. The van der Waals surface area contributed by atoms with Crippen molar-refractivity contribution in [3.05, 3.63) is 48.7 Å². The molecule has 0 aliphatic carbocycles. The Balaban J connectivity index is 2.61. The molecule has 0 aliphatic heterocycles. The zero-order valence-corrected chi connectivity index (χ0v) is 8.69. The molecule has 76 valence electrons. The molecule has 1 unspecified atom stereocenters. The molecule has 1 aromatic carbocycles. The van der Waals surface area contributed by atoms with Crippen LogP contribution in [0.25, 0.3) is 0 Å². The molecule has 1 atom stereocenters. The summed E-state index contributed by atoms with van der Waals surface area (Å²) in [4.78, 5) is 2.05. The highest BCUT2D eigenvalue weighted by atomic mass is 15.2. The molecule has 14 heavy (non-hydrogen) atoms. The molecule has 0 bridgehead atoms. The van der Waals surface area contributed by atoms with Gasteiger partial charge in [-0.25, -0.2) is 0 Å². The molecular formula is C12H18N2. The molecule has 0 fully saturated rings. The van der Waals surface area contributed by atoms with Gasteiger partial charge in [-0.1, -0.05) is 43.8 Å². The van der Waals surface area contributed by atoms with Crippen molar-refractivity contribution in [1.29, 1.82) is 0 Å². The molecule has 0 amide bonds. The molecule has 1 aromatic rings. The number of benzene rings is 1. The van der Waals surface area contributed by atoms with E-state index in [9.17, 15) is 0 Å². The number of nitrogens with zero attached hydrogens (tertiary/aromatic N) is 1. The maximum absolute atomic E-state index is 5.93. The third kappa shape index (κ3) is 2.89. The van der Waals surface area contributed by atoms with Crippen LogP contribution >= 0.6 is 0 Å². The summed E-state index contributed by atoms with van der Waals surface area (Å²) in [6.07, 6.45) is 2.80. The normalized spacial score (nSPS) is 12.1. The fourth-order valence-electron chi connectivity index (χ4n) is 1.35. The molecule has 0 aromatic heterocycles. The third-order valence-electron chi connectivity index (χ3n) is 2.29. The first-order valence-electron chi connectivity index (χ1n) is 4.95. The van der Waals surface area contributed by atoms with Crippen LogP contribution in [-0.2, 0) is 6.54 Å². The van der Waals surface area contributed by atoms with Crippen molar-refractivity contribution in [2.75, 3.05) is 0 Å². The summed E-state index contributed by atoms with van der Waals surface area (Å²) in [5.41, 5.74) is 7.19. The summed E-state index contributed by atoms with van der Waals surface area (Å²) < 4.78 is 0. The summed E-state index contributed by atoms with van der Waals surface area (Å²) in [7, 11) is 0. The van der Waals surface area contributed by atoms with Crippen LogP contribution < -0.4 is 5.73 Å². The van der Waals surface area contributed by atoms with Gasteiger partial charge in [-0.2, -0.15) is 0 Å². The Morgan fingerprint density at radius 1 is 1.43 bits per heavy atom. The Labute approximate surface area is 86.0 Å². The van der Waals surface area contributed by atoms with Gasteiger partial charge in [0.05, 0.1) is 6.17 Å². The summed E-state index contributed by atoms with van der Waals surface area (Å²) in [5, 5.41) is 0. The predicted octanol–water partition coefficient (Wildman–Crippen LogP) is 2.33. The van der Waals surface area contributed by atoms with Crippen molar-refractivity contribution in [3.8, 4) is 0 Å². The lowest BCUT2D eigenvalue weighted by Crippen LogP contribution is -2.37. The molecule has 0 heterocycles. The molecule has 0 radical (unpaired) electrons. The molecule has 0 saturated carbocycles. The Morgan fingerprint density at radius 3 is 2.57 bits per heavy atom. The van der Waals surface area contributed by atoms with Crippen LogP contribution in [0, 0.1) is 0 Å². The smallest absolute Gasteiger partial charge is 0.0766 e. The van der Waals surface area contributed by atoms with Crippen LogP contribution in [0.4, 0.5) is 0 Å². The van der Waals surface area contributed by atoms with E-state index in [4.69, 9.17) is 5.73 Å². The van der Waals surface area contributed by atoms with Gasteiger partial charge in [0.15, 0.2) is 0 Å². The second-order valence-corrected chi connectivity index (χ2v) is 3.32. The highest BCUT2D eigenvalue weighted by molar-refractivity contribution is 5.14. The van der Waals surface area contributed by atoms with Gasteiger partial charge in [0.1, 0.15) is 0 Å². The molecular weight excluding hydrogens is 172 g/mol. The SMILES string of the molecule is C=CN(Cc1ccccc1)C(N)CC. The summed E-state index contributed by atoms with van der Waals surface area (Å²) in [6, 6.07) is 10.3. The van der Waals surface area contributed by atoms with E-state index in [1.54, 1.807) is 6.20 Å². The van der Waals surface area contributed by atoms with Gasteiger partial charge in [-0.3, -0.25) is 0 Å². The van der Waals surface area contributed by atoms with Crippen molar-refractivity contribution in [3.63, 3.8) is 0 Å². The van der Waals surface area contributed by atoms with E-state index in [2.05, 4.69) is 30.5 Å². The minimum Gasteiger partial charge on any atom is -0.359 e. The maximum Gasteiger partial charge on any atom is 0.0766 e. The van der Waals surface area contributed by atoms with Crippen molar-refractivity contribution in [2.45, 2.75) is 26.1 Å². The topological polar surface area (TPSA) is 29.3 Å². The lowest BCUT2D eigenvalue weighted by atomic mass is 10.2. The first-order valence-corrected chi connectivity index (χ1v) is 4.95. The Morgan fingerprint density at radius 2 is 2.07 bits per heavy atom. The van der Waals surface area contributed by atoms with E-state index in [1.165, 1.54) is 5.56 Å². The quantitative estimate of drug-likeness (QED) is 0.722. The van der Waals surface area contributed by atoms with Crippen molar-refractivity contribution in [2.24, 2.45) is 5.73 Å². The minimum atomic E-state index is 0.0627. The second kappa shape index (κ2) is 5.45. The highest BCUT2D eigenvalue weighted by Crippen LogP contribution is 2.07. The van der Waals surface area contributed by atoms with Crippen LogP contribution in [0.2, 0.25) is 0 Å². The van der Waals surface area contributed by atoms with Crippen LogP contribution in [0.15, 0.2) is 43.1 Å². The Bertz CT molecular complexity index is 269. The Kier molecular flexibility index (Phi) is 4.20. The lowest BCUT2D eigenvalue weighted by molar-refractivity contribution is 0.267. The van der Waals surface area contributed by atoms with E-state index >= 15 is 0 Å². The number of rotatable bonds is 5. The van der Waals surface area contributed by atoms with Gasteiger partial charge in [-0.05, 0) is 18.2 Å². The van der Waals surface area contributed by atoms with E-state index in [1.807, 2.05) is 18.2 Å². The summed E-state index contributed by atoms with van der Waals surface area (Å²) >= 11 is 0. The van der Waals surface area contributed by atoms with Gasteiger partial charge in [0, 0.05) is 6.54 Å². The van der Waals surface area contributed by atoms with E-state index in [0.29, 0.717) is 0 Å². The number of hydrogen-bond donors (Lipinski definition) is 1. The van der Waals surface area contributed by atoms with Gasteiger partial charge in [0.2, 0.25) is 0 Å². The predicted molar refractivity (Wildman–Crippen MR) is 60.4 cm³/mol. The van der Waals surface area contributed by atoms with Crippen LogP contribution in [-0.4, -0.2) is 11.1 Å². The third-order valence-corrected chi connectivity index (χ3v) is 2.29. The average Bonchev–Trinajstić information content (AvgIpc) is 2.26. The monoisotopic (exact) mass is 190 g/mol. The Hall–Kier alpha value is -1.28. The second-order valence-electron chi connectivity index (χ2n) is 3.32. The lowest BCUT2D eigenvalue weighted by Gasteiger charge is -2.26. The van der Waals surface area contributed by atoms with Gasteiger partial charge < -0.3 is 10.6 Å². The van der Waals surface area contributed by atoms with E-state index < -0.39 is 0 Å². The average molecular weight is 190 g/mol. The molecule has 2 nitrogen and oxygen atoms in total. The first kappa shape index (κ1) is 10.8. The van der Waals surface area contributed by atoms with Crippen LogP contribution in [0.3, 0.4) is 0 Å². The highest BCUT2D eigenvalue weighted by Gasteiger charge is 2.07. The van der Waals surface area contributed by atoms with Gasteiger partial charge in [0.25, 0.3) is 0 Å². The summed E-state index contributed by atoms with van der Waals surface area (Å²) in [5.74, 6) is 0. The molecule has 1 rings (SSSR count). The molecule has 2 N–H and O–H groups in total. The van der Waals surface area contributed by atoms with Crippen molar-refractivity contribution in [1.82, 2.24) is 4.90 Å². The zero-order valence-electron chi connectivity index (χ0n) is 8.69. The molecule has 0 saturated heterocycles. The van der Waals surface area contributed by atoms with Crippen LogP contribution in [0.5, 0.6) is 0 Å². The molecule has 0 aliphatic rings. The standard InChI is InChI=1S/C12H18N2/c1-3-12(13)14(4-2)10-11-8-6-5-7-9-11/h4-9,12H,2-3,10,13H2,1H3. The fourth-order valence-corrected chi connectivity index (χ4v) is 1.35.